The third kappa shape index (κ3) is 4.45. The minimum atomic E-state index is 0.331. The second-order valence-corrected chi connectivity index (χ2v) is 6.63. The number of hydrogen-bond acceptors (Lipinski definition) is 3. The number of hydrogen-bond donors (Lipinski definition) is 1. The predicted molar refractivity (Wildman–Crippen MR) is 82.7 cm³/mol. The molecule has 1 N–H and O–H groups in total. The lowest BCUT2D eigenvalue weighted by Crippen LogP contribution is -2.46. The van der Waals surface area contributed by atoms with E-state index in [4.69, 9.17) is 0 Å². The molecule has 0 radical (unpaired) electrons. The van der Waals surface area contributed by atoms with Gasteiger partial charge < -0.3 is 10.2 Å². The molecule has 4 nitrogen and oxygen atoms in total. The monoisotopic (exact) mass is 281 g/mol. The summed E-state index contributed by atoms with van der Waals surface area (Å²) in [4.78, 5) is 16.9. The molecule has 2 fully saturated rings. The van der Waals surface area contributed by atoms with Gasteiger partial charge in [-0.2, -0.15) is 0 Å². The number of nitrogens with one attached hydrogen (secondary N) is 1. The zero-order valence-corrected chi connectivity index (χ0v) is 13.4. The Balaban J connectivity index is 1.85. The Kier molecular flexibility index (Phi) is 5.85. The first-order chi connectivity index (χ1) is 9.61. The molecule has 0 aromatic rings. The van der Waals surface area contributed by atoms with E-state index < -0.39 is 0 Å². The van der Waals surface area contributed by atoms with Crippen LogP contribution in [-0.2, 0) is 4.79 Å². The number of rotatable bonds is 7. The molecule has 20 heavy (non-hydrogen) atoms. The van der Waals surface area contributed by atoms with Crippen LogP contribution >= 0.6 is 0 Å². The highest BCUT2D eigenvalue weighted by Crippen LogP contribution is 2.27. The first-order valence-electron chi connectivity index (χ1n) is 8.36. The average Bonchev–Trinajstić information content (AvgIpc) is 3.24. The number of nitrogens with zero attached hydrogens (tertiary/aromatic N) is 2. The van der Waals surface area contributed by atoms with E-state index in [1.165, 1.54) is 25.7 Å². The van der Waals surface area contributed by atoms with Crippen molar-refractivity contribution >= 4 is 5.91 Å². The second kappa shape index (κ2) is 7.41. The molecular formula is C16H31N3O. The van der Waals surface area contributed by atoms with Crippen molar-refractivity contribution in [3.05, 3.63) is 0 Å². The summed E-state index contributed by atoms with van der Waals surface area (Å²) < 4.78 is 0. The van der Waals surface area contributed by atoms with Crippen molar-refractivity contribution in [2.75, 3.05) is 32.7 Å². The molecule has 0 unspecified atom stereocenters. The van der Waals surface area contributed by atoms with E-state index in [1.807, 2.05) is 0 Å². The molecule has 116 valence electrons. The van der Waals surface area contributed by atoms with Crippen LogP contribution in [0.5, 0.6) is 0 Å². The molecule has 1 amide bonds. The van der Waals surface area contributed by atoms with E-state index in [1.54, 1.807) is 0 Å². The summed E-state index contributed by atoms with van der Waals surface area (Å²) >= 11 is 0. The summed E-state index contributed by atoms with van der Waals surface area (Å²) in [7, 11) is 0. The molecule has 2 aliphatic rings. The fourth-order valence-electron chi connectivity index (χ4n) is 3.14. The molecule has 0 aromatic heterocycles. The average molecular weight is 281 g/mol. The smallest absolute Gasteiger partial charge is 0.236 e. The van der Waals surface area contributed by atoms with Crippen LogP contribution in [0.2, 0.25) is 0 Å². The third-order valence-corrected chi connectivity index (χ3v) is 4.67. The molecule has 0 aromatic carbocycles. The quantitative estimate of drug-likeness (QED) is 0.771. The molecular weight excluding hydrogens is 250 g/mol. The topological polar surface area (TPSA) is 35.6 Å². The summed E-state index contributed by atoms with van der Waals surface area (Å²) in [5.74, 6) is 1.08. The van der Waals surface area contributed by atoms with Crippen molar-refractivity contribution in [1.82, 2.24) is 15.1 Å². The van der Waals surface area contributed by atoms with Gasteiger partial charge in [0.1, 0.15) is 0 Å². The van der Waals surface area contributed by atoms with E-state index in [0.29, 0.717) is 24.5 Å². The first-order valence-corrected chi connectivity index (χ1v) is 8.36. The van der Waals surface area contributed by atoms with Gasteiger partial charge in [0.2, 0.25) is 5.91 Å². The predicted octanol–water partition coefficient (Wildman–Crippen LogP) is 1.71. The van der Waals surface area contributed by atoms with Crippen LogP contribution < -0.4 is 5.32 Å². The lowest BCUT2D eigenvalue weighted by molar-refractivity contribution is -0.133. The summed E-state index contributed by atoms with van der Waals surface area (Å²) in [6, 6.07) is 0.993. The Bertz CT molecular complexity index is 309. The van der Waals surface area contributed by atoms with Gasteiger partial charge in [0.15, 0.2) is 0 Å². The summed E-state index contributed by atoms with van der Waals surface area (Å²) in [6.45, 7) is 11.3. The minimum absolute atomic E-state index is 0.331. The van der Waals surface area contributed by atoms with E-state index in [2.05, 4.69) is 35.9 Å². The zero-order valence-electron chi connectivity index (χ0n) is 13.4. The molecule has 1 aliphatic heterocycles. The Morgan fingerprint density at radius 1 is 1.20 bits per heavy atom. The fourth-order valence-corrected chi connectivity index (χ4v) is 3.14. The Morgan fingerprint density at radius 3 is 2.35 bits per heavy atom. The van der Waals surface area contributed by atoms with Gasteiger partial charge in [0.05, 0.1) is 6.54 Å². The molecule has 1 saturated carbocycles. The van der Waals surface area contributed by atoms with Gasteiger partial charge in [-0.15, -0.1) is 0 Å². The second-order valence-electron chi connectivity index (χ2n) is 6.63. The molecule has 1 saturated heterocycles. The number of carbonyl (C=O) groups is 1. The number of amides is 1. The lowest BCUT2D eigenvalue weighted by Gasteiger charge is -2.33. The van der Waals surface area contributed by atoms with Crippen LogP contribution in [0.15, 0.2) is 0 Å². The fraction of sp³-hybridized carbons (Fsp3) is 0.938. The van der Waals surface area contributed by atoms with Crippen molar-refractivity contribution in [2.45, 2.75) is 58.5 Å². The first kappa shape index (κ1) is 15.8. The molecule has 4 heteroatoms. The summed E-state index contributed by atoms with van der Waals surface area (Å²) in [6.07, 6.45) is 4.90. The Labute approximate surface area is 123 Å². The minimum Gasteiger partial charge on any atom is -0.339 e. The maximum atomic E-state index is 12.5. The Morgan fingerprint density at radius 2 is 1.85 bits per heavy atom. The molecule has 0 bridgehead atoms. The summed E-state index contributed by atoms with van der Waals surface area (Å²) in [5.41, 5.74) is 0. The highest BCUT2D eigenvalue weighted by atomic mass is 16.2. The van der Waals surface area contributed by atoms with Crippen molar-refractivity contribution in [2.24, 2.45) is 5.92 Å². The van der Waals surface area contributed by atoms with Gasteiger partial charge in [-0.25, -0.2) is 0 Å². The molecule has 1 heterocycles. The van der Waals surface area contributed by atoms with Gasteiger partial charge in [0, 0.05) is 25.2 Å². The lowest BCUT2D eigenvalue weighted by atomic mass is 9.97. The van der Waals surface area contributed by atoms with Gasteiger partial charge in [-0.3, -0.25) is 9.69 Å². The number of carbonyl (C=O) groups excluding carboxylic acids is 1. The summed E-state index contributed by atoms with van der Waals surface area (Å²) in [5, 5.41) is 3.41. The highest BCUT2D eigenvalue weighted by Gasteiger charge is 2.32. The van der Waals surface area contributed by atoms with E-state index in [0.717, 1.165) is 32.1 Å². The Hall–Kier alpha value is -0.610. The largest absolute Gasteiger partial charge is 0.339 e. The van der Waals surface area contributed by atoms with Crippen molar-refractivity contribution in [1.29, 1.82) is 0 Å². The van der Waals surface area contributed by atoms with Crippen LogP contribution in [0, 0.1) is 5.92 Å². The van der Waals surface area contributed by atoms with Gasteiger partial charge in [-0.1, -0.05) is 0 Å². The van der Waals surface area contributed by atoms with Crippen molar-refractivity contribution < 1.29 is 4.79 Å². The van der Waals surface area contributed by atoms with Crippen LogP contribution in [0.25, 0.3) is 0 Å². The van der Waals surface area contributed by atoms with Crippen molar-refractivity contribution in [3.8, 4) is 0 Å². The van der Waals surface area contributed by atoms with Crippen LogP contribution in [0.3, 0.4) is 0 Å². The SMILES string of the molecule is CCN(C(=O)CN(CC1CCNCC1)C(C)C)C1CC1. The maximum Gasteiger partial charge on any atom is 0.236 e. The maximum absolute atomic E-state index is 12.5. The molecule has 1 aliphatic carbocycles. The third-order valence-electron chi connectivity index (χ3n) is 4.67. The van der Waals surface area contributed by atoms with E-state index in [-0.39, 0.29) is 0 Å². The van der Waals surface area contributed by atoms with Gasteiger partial charge >= 0.3 is 0 Å². The number of likely N-dealkylation sites (N-methyl/N-ethyl adjacent to an activating group) is 1. The molecule has 0 atom stereocenters. The molecule has 2 rings (SSSR count). The van der Waals surface area contributed by atoms with Crippen LogP contribution in [0.4, 0.5) is 0 Å². The van der Waals surface area contributed by atoms with Crippen LogP contribution in [0.1, 0.15) is 46.5 Å². The number of piperidine rings is 1. The zero-order chi connectivity index (χ0) is 14.5. The van der Waals surface area contributed by atoms with Gasteiger partial charge in [0.25, 0.3) is 0 Å². The van der Waals surface area contributed by atoms with E-state index >= 15 is 0 Å². The van der Waals surface area contributed by atoms with Gasteiger partial charge in [-0.05, 0) is 65.5 Å². The normalized spacial score (nSPS) is 20.6. The highest BCUT2D eigenvalue weighted by molar-refractivity contribution is 5.79. The van der Waals surface area contributed by atoms with Crippen LogP contribution in [-0.4, -0.2) is 60.5 Å². The standard InChI is InChI=1S/C16H31N3O/c1-4-19(15-5-6-15)16(20)12-18(13(2)3)11-14-7-9-17-10-8-14/h13-15,17H,4-12H2,1-3H3. The van der Waals surface area contributed by atoms with E-state index in [9.17, 15) is 4.79 Å². The van der Waals surface area contributed by atoms with Crippen molar-refractivity contribution in [3.63, 3.8) is 0 Å². The molecule has 0 spiro atoms.